The Morgan fingerprint density at radius 3 is 2.00 bits per heavy atom. The number of carbonyl (C=O) groups is 1. The lowest BCUT2D eigenvalue weighted by Gasteiger charge is -2.08. The topological polar surface area (TPSA) is 29.1 Å². The summed E-state index contributed by atoms with van der Waals surface area (Å²) in [5.74, 6) is 0.155. The van der Waals surface area contributed by atoms with Crippen LogP contribution >= 0.6 is 11.6 Å². The number of rotatable bonds is 13. The molecule has 0 radical (unpaired) electrons. The molecule has 0 aliphatic carbocycles. The first-order valence-electron chi connectivity index (χ1n) is 8.11. The van der Waals surface area contributed by atoms with Gasteiger partial charge in [0.1, 0.15) is 0 Å². The van der Waals surface area contributed by atoms with E-state index in [2.05, 4.69) is 12.2 Å². The maximum Gasteiger partial charge on any atom is 0.220 e. The minimum atomic E-state index is 0.0760. The van der Waals surface area contributed by atoms with Gasteiger partial charge in [-0.25, -0.2) is 0 Å². The van der Waals surface area contributed by atoms with Crippen LogP contribution in [0.1, 0.15) is 84.5 Å². The highest BCUT2D eigenvalue weighted by Gasteiger charge is 2.04. The van der Waals surface area contributed by atoms with Gasteiger partial charge in [0.2, 0.25) is 5.91 Å². The maximum absolute atomic E-state index is 11.5. The predicted molar refractivity (Wildman–Crippen MR) is 84.8 cm³/mol. The lowest BCUT2D eigenvalue weighted by Crippen LogP contribution is -2.29. The van der Waals surface area contributed by atoms with Gasteiger partial charge < -0.3 is 5.32 Å². The number of hydrogen-bond acceptors (Lipinski definition) is 1. The van der Waals surface area contributed by atoms with Crippen molar-refractivity contribution in [3.63, 3.8) is 0 Å². The van der Waals surface area contributed by atoms with E-state index in [0.717, 1.165) is 12.8 Å². The normalized spacial score (nSPS) is 12.4. The van der Waals surface area contributed by atoms with Crippen LogP contribution in [0.5, 0.6) is 0 Å². The molecule has 0 aliphatic rings. The molecule has 0 saturated heterocycles. The Bertz CT molecular complexity index is 209. The van der Waals surface area contributed by atoms with Crippen LogP contribution in [0.3, 0.4) is 0 Å². The summed E-state index contributed by atoms with van der Waals surface area (Å²) in [6, 6.07) is 0. The van der Waals surface area contributed by atoms with E-state index >= 15 is 0 Å². The van der Waals surface area contributed by atoms with Gasteiger partial charge >= 0.3 is 0 Å². The van der Waals surface area contributed by atoms with Crippen molar-refractivity contribution < 1.29 is 4.79 Å². The first-order chi connectivity index (χ1) is 9.20. The van der Waals surface area contributed by atoms with Crippen LogP contribution < -0.4 is 5.32 Å². The monoisotopic (exact) mass is 289 g/mol. The van der Waals surface area contributed by atoms with E-state index in [1.807, 2.05) is 6.92 Å². The third kappa shape index (κ3) is 14.0. The Balaban J connectivity index is 3.18. The van der Waals surface area contributed by atoms with Crippen molar-refractivity contribution in [2.24, 2.45) is 0 Å². The van der Waals surface area contributed by atoms with Gasteiger partial charge in [-0.1, -0.05) is 65.2 Å². The first kappa shape index (κ1) is 18.8. The zero-order valence-corrected chi connectivity index (χ0v) is 13.6. The number of hydrogen-bond donors (Lipinski definition) is 1. The molecule has 0 spiro atoms. The lowest BCUT2D eigenvalue weighted by molar-refractivity contribution is -0.121. The molecule has 0 aliphatic heterocycles. The largest absolute Gasteiger partial charge is 0.355 e. The van der Waals surface area contributed by atoms with Crippen molar-refractivity contribution in [1.82, 2.24) is 5.32 Å². The van der Waals surface area contributed by atoms with Crippen LogP contribution in [-0.2, 0) is 4.79 Å². The summed E-state index contributed by atoms with van der Waals surface area (Å²) in [7, 11) is 0. The summed E-state index contributed by atoms with van der Waals surface area (Å²) < 4.78 is 0. The second-order valence-corrected chi connectivity index (χ2v) is 6.01. The second kappa shape index (κ2) is 14.2. The average Bonchev–Trinajstić information content (AvgIpc) is 2.42. The van der Waals surface area contributed by atoms with Crippen molar-refractivity contribution in [2.45, 2.75) is 89.9 Å². The molecule has 0 bridgehead atoms. The zero-order chi connectivity index (χ0) is 14.3. The zero-order valence-electron chi connectivity index (χ0n) is 12.8. The highest BCUT2D eigenvalue weighted by Crippen LogP contribution is 2.10. The van der Waals surface area contributed by atoms with E-state index in [4.69, 9.17) is 11.6 Å². The van der Waals surface area contributed by atoms with Gasteiger partial charge in [0.15, 0.2) is 0 Å². The number of halogens is 1. The molecule has 0 saturated carbocycles. The first-order valence-corrected chi connectivity index (χ1v) is 8.55. The molecule has 0 rings (SSSR count). The van der Waals surface area contributed by atoms with Gasteiger partial charge in [0.05, 0.1) is 5.38 Å². The molecule has 114 valence electrons. The molecule has 0 aromatic rings. The number of amides is 1. The van der Waals surface area contributed by atoms with E-state index in [-0.39, 0.29) is 11.3 Å². The molecule has 1 atom stereocenters. The highest BCUT2D eigenvalue weighted by molar-refractivity contribution is 6.20. The summed E-state index contributed by atoms with van der Waals surface area (Å²) in [5, 5.41) is 2.96. The van der Waals surface area contributed by atoms with Crippen molar-refractivity contribution in [3.05, 3.63) is 0 Å². The summed E-state index contributed by atoms with van der Waals surface area (Å²) in [4.78, 5) is 11.5. The van der Waals surface area contributed by atoms with Crippen molar-refractivity contribution in [2.75, 3.05) is 6.54 Å². The molecule has 0 aromatic carbocycles. The van der Waals surface area contributed by atoms with Crippen LogP contribution in [0.4, 0.5) is 0 Å². The molecule has 0 aromatic heterocycles. The SMILES string of the molecule is CCCCCCCCCCCC(=O)NCC(Cl)CC. The standard InChI is InChI=1S/C16H32ClNO/c1-3-5-6-7-8-9-10-11-12-13-16(19)18-14-15(17)4-2/h15H,3-14H2,1-2H3,(H,18,19). The third-order valence-electron chi connectivity index (χ3n) is 3.47. The van der Waals surface area contributed by atoms with Crippen LogP contribution in [0.15, 0.2) is 0 Å². The van der Waals surface area contributed by atoms with Crippen molar-refractivity contribution in [3.8, 4) is 0 Å². The fourth-order valence-electron chi connectivity index (χ4n) is 2.05. The second-order valence-electron chi connectivity index (χ2n) is 5.39. The van der Waals surface area contributed by atoms with Gasteiger partial charge in [-0.05, 0) is 12.8 Å². The van der Waals surface area contributed by atoms with Crippen LogP contribution in [-0.4, -0.2) is 17.8 Å². The molecule has 3 heteroatoms. The Morgan fingerprint density at radius 1 is 0.947 bits per heavy atom. The van der Waals surface area contributed by atoms with Crippen molar-refractivity contribution >= 4 is 17.5 Å². The quantitative estimate of drug-likeness (QED) is 0.373. The maximum atomic E-state index is 11.5. The summed E-state index contributed by atoms with van der Waals surface area (Å²) in [6.07, 6.45) is 13.2. The Labute approximate surface area is 124 Å². The Hall–Kier alpha value is -0.240. The van der Waals surface area contributed by atoms with E-state index in [0.29, 0.717) is 13.0 Å². The molecule has 1 amide bonds. The summed E-state index contributed by atoms with van der Waals surface area (Å²) >= 11 is 5.95. The van der Waals surface area contributed by atoms with Gasteiger partial charge in [0.25, 0.3) is 0 Å². The Morgan fingerprint density at radius 2 is 1.47 bits per heavy atom. The number of unbranched alkanes of at least 4 members (excludes halogenated alkanes) is 8. The number of carbonyl (C=O) groups excluding carboxylic acids is 1. The molecule has 0 fully saturated rings. The number of alkyl halides is 1. The minimum absolute atomic E-state index is 0.0760. The Kier molecular flexibility index (Phi) is 14.0. The van der Waals surface area contributed by atoms with Crippen molar-refractivity contribution in [1.29, 1.82) is 0 Å². The summed E-state index contributed by atoms with van der Waals surface area (Å²) in [6.45, 7) is 4.89. The van der Waals surface area contributed by atoms with E-state index in [9.17, 15) is 4.79 Å². The van der Waals surface area contributed by atoms with E-state index in [1.54, 1.807) is 0 Å². The van der Waals surface area contributed by atoms with Crippen LogP contribution in [0.2, 0.25) is 0 Å². The third-order valence-corrected chi connectivity index (χ3v) is 3.93. The van der Waals surface area contributed by atoms with Gasteiger partial charge in [-0.15, -0.1) is 11.6 Å². The molecular weight excluding hydrogens is 258 g/mol. The fourth-order valence-corrected chi connectivity index (χ4v) is 2.13. The molecule has 2 nitrogen and oxygen atoms in total. The van der Waals surface area contributed by atoms with E-state index in [1.165, 1.54) is 51.4 Å². The smallest absolute Gasteiger partial charge is 0.220 e. The minimum Gasteiger partial charge on any atom is -0.355 e. The number of nitrogens with one attached hydrogen (secondary N) is 1. The van der Waals surface area contributed by atoms with Gasteiger partial charge in [0, 0.05) is 13.0 Å². The summed E-state index contributed by atoms with van der Waals surface area (Å²) in [5.41, 5.74) is 0. The van der Waals surface area contributed by atoms with Gasteiger partial charge in [-0.2, -0.15) is 0 Å². The molecule has 1 N–H and O–H groups in total. The molecule has 19 heavy (non-hydrogen) atoms. The average molecular weight is 290 g/mol. The molecule has 1 unspecified atom stereocenters. The van der Waals surface area contributed by atoms with Gasteiger partial charge in [-0.3, -0.25) is 4.79 Å². The fraction of sp³-hybridized carbons (Fsp3) is 0.938. The molecule has 0 heterocycles. The highest BCUT2D eigenvalue weighted by atomic mass is 35.5. The molecular formula is C16H32ClNO. The van der Waals surface area contributed by atoms with E-state index < -0.39 is 0 Å². The van der Waals surface area contributed by atoms with Crippen LogP contribution in [0.25, 0.3) is 0 Å². The van der Waals surface area contributed by atoms with Crippen LogP contribution in [0, 0.1) is 0 Å². The lowest BCUT2D eigenvalue weighted by atomic mass is 10.1. The predicted octanol–water partition coefficient (Wildman–Crippen LogP) is 5.04.